The molecular weight excluding hydrogens is 300 g/mol. The van der Waals surface area contributed by atoms with Gasteiger partial charge in [0.05, 0.1) is 0 Å². The van der Waals surface area contributed by atoms with Crippen LogP contribution in [0.5, 0.6) is 0 Å². The fraction of sp³-hybridized carbons (Fsp3) is 0.273. The van der Waals surface area contributed by atoms with Crippen LogP contribution in [0.4, 0.5) is 0 Å². The average molecular weight is 313 g/mol. The molecule has 0 radical (unpaired) electrons. The molecule has 2 N–H and O–H groups in total. The zero-order chi connectivity index (χ0) is 12.3. The Balaban J connectivity index is 2.33. The monoisotopic (exact) mass is 312 g/mol. The van der Waals surface area contributed by atoms with Crippen molar-refractivity contribution in [3.8, 4) is 0 Å². The van der Waals surface area contributed by atoms with Gasteiger partial charge in [-0.15, -0.1) is 0 Å². The number of H-pyrrole nitrogens is 1. The van der Waals surface area contributed by atoms with E-state index in [0.29, 0.717) is 6.04 Å². The van der Waals surface area contributed by atoms with Crippen molar-refractivity contribution in [2.24, 2.45) is 0 Å². The van der Waals surface area contributed by atoms with Gasteiger partial charge in [-0.2, -0.15) is 5.10 Å². The van der Waals surface area contributed by atoms with Gasteiger partial charge in [0.25, 0.3) is 0 Å². The maximum Gasteiger partial charge on any atom is 0.188 e. The predicted octanol–water partition coefficient (Wildman–Crippen LogP) is 3.00. The molecule has 1 aromatic heterocycles. The Labute approximate surface area is 113 Å². The standard InChI is InChI=1S/C11H13BrN4S/c1-7(13-2)9-4-3-8(12)5-10(9)17-11-14-6-15-16-11/h3-7,13H,1-2H3,(H,14,15,16). The smallest absolute Gasteiger partial charge is 0.188 e. The number of benzene rings is 1. The molecule has 6 heteroatoms. The van der Waals surface area contributed by atoms with Gasteiger partial charge in [0.1, 0.15) is 6.33 Å². The molecule has 2 aromatic rings. The van der Waals surface area contributed by atoms with Crippen LogP contribution in [0.15, 0.2) is 39.1 Å². The number of aromatic nitrogens is 3. The van der Waals surface area contributed by atoms with E-state index in [4.69, 9.17) is 0 Å². The molecular formula is C11H13BrN4S. The van der Waals surface area contributed by atoms with Crippen molar-refractivity contribution in [3.63, 3.8) is 0 Å². The largest absolute Gasteiger partial charge is 0.313 e. The molecule has 17 heavy (non-hydrogen) atoms. The molecule has 1 aromatic carbocycles. The van der Waals surface area contributed by atoms with E-state index >= 15 is 0 Å². The molecule has 0 aliphatic carbocycles. The van der Waals surface area contributed by atoms with Gasteiger partial charge in [-0.05, 0) is 43.4 Å². The second kappa shape index (κ2) is 5.66. The lowest BCUT2D eigenvalue weighted by Crippen LogP contribution is -2.13. The van der Waals surface area contributed by atoms with Crippen LogP contribution in [0.2, 0.25) is 0 Å². The summed E-state index contributed by atoms with van der Waals surface area (Å²) in [5.41, 5.74) is 1.25. The number of nitrogens with one attached hydrogen (secondary N) is 2. The van der Waals surface area contributed by atoms with Gasteiger partial charge in [-0.25, -0.2) is 4.98 Å². The van der Waals surface area contributed by atoms with Crippen molar-refractivity contribution in [3.05, 3.63) is 34.6 Å². The van der Waals surface area contributed by atoms with Crippen molar-refractivity contribution < 1.29 is 0 Å². The number of nitrogens with zero attached hydrogens (tertiary/aromatic N) is 2. The molecule has 2 rings (SSSR count). The van der Waals surface area contributed by atoms with Gasteiger partial charge in [-0.1, -0.05) is 22.0 Å². The molecule has 0 spiro atoms. The second-order valence-electron chi connectivity index (χ2n) is 3.59. The first-order valence-electron chi connectivity index (χ1n) is 5.20. The zero-order valence-corrected chi connectivity index (χ0v) is 12.0. The van der Waals surface area contributed by atoms with Crippen molar-refractivity contribution in [1.82, 2.24) is 20.5 Å². The highest BCUT2D eigenvalue weighted by Crippen LogP contribution is 2.33. The van der Waals surface area contributed by atoms with Gasteiger partial charge in [0.15, 0.2) is 5.16 Å². The quantitative estimate of drug-likeness (QED) is 0.911. The Morgan fingerprint density at radius 1 is 1.47 bits per heavy atom. The van der Waals surface area contributed by atoms with E-state index in [2.05, 4.69) is 55.5 Å². The fourth-order valence-corrected chi connectivity index (χ4v) is 2.93. The van der Waals surface area contributed by atoms with Crippen molar-refractivity contribution >= 4 is 27.7 Å². The summed E-state index contributed by atoms with van der Waals surface area (Å²) in [6, 6.07) is 6.56. The Hall–Kier alpha value is -0.850. The number of rotatable bonds is 4. The second-order valence-corrected chi connectivity index (χ2v) is 5.53. The van der Waals surface area contributed by atoms with Crippen molar-refractivity contribution in [1.29, 1.82) is 0 Å². The van der Waals surface area contributed by atoms with Crippen LogP contribution < -0.4 is 5.32 Å². The van der Waals surface area contributed by atoms with E-state index in [1.54, 1.807) is 11.8 Å². The molecule has 0 saturated heterocycles. The predicted molar refractivity (Wildman–Crippen MR) is 72.1 cm³/mol. The van der Waals surface area contributed by atoms with E-state index in [0.717, 1.165) is 14.5 Å². The number of hydrogen-bond donors (Lipinski definition) is 2. The van der Waals surface area contributed by atoms with Gasteiger partial charge < -0.3 is 5.32 Å². The van der Waals surface area contributed by atoms with Crippen molar-refractivity contribution in [2.45, 2.75) is 23.0 Å². The molecule has 0 aliphatic rings. The highest BCUT2D eigenvalue weighted by molar-refractivity contribution is 9.10. The number of aromatic amines is 1. The van der Waals surface area contributed by atoms with E-state index in [-0.39, 0.29) is 0 Å². The lowest BCUT2D eigenvalue weighted by molar-refractivity contribution is 0.641. The zero-order valence-electron chi connectivity index (χ0n) is 9.57. The summed E-state index contributed by atoms with van der Waals surface area (Å²) in [4.78, 5) is 5.29. The van der Waals surface area contributed by atoms with E-state index in [1.807, 2.05) is 13.1 Å². The summed E-state index contributed by atoms with van der Waals surface area (Å²) in [6.07, 6.45) is 1.52. The molecule has 0 fully saturated rings. The normalized spacial score (nSPS) is 12.6. The summed E-state index contributed by atoms with van der Waals surface area (Å²) in [5, 5.41) is 10.8. The van der Waals surface area contributed by atoms with Crippen LogP contribution in [-0.2, 0) is 0 Å². The summed E-state index contributed by atoms with van der Waals surface area (Å²) in [7, 11) is 1.95. The number of hydrogen-bond acceptors (Lipinski definition) is 4. The summed E-state index contributed by atoms with van der Waals surface area (Å²) >= 11 is 5.07. The van der Waals surface area contributed by atoms with E-state index in [9.17, 15) is 0 Å². The molecule has 1 unspecified atom stereocenters. The molecule has 0 bridgehead atoms. The fourth-order valence-electron chi connectivity index (χ4n) is 1.46. The third kappa shape index (κ3) is 3.08. The average Bonchev–Trinajstić information content (AvgIpc) is 2.81. The highest BCUT2D eigenvalue weighted by Gasteiger charge is 2.11. The Kier molecular flexibility index (Phi) is 4.20. The van der Waals surface area contributed by atoms with Gasteiger partial charge >= 0.3 is 0 Å². The SMILES string of the molecule is CNC(C)c1ccc(Br)cc1Sc1ncn[nH]1. The topological polar surface area (TPSA) is 53.6 Å². The minimum Gasteiger partial charge on any atom is -0.313 e. The first-order chi connectivity index (χ1) is 8.20. The van der Waals surface area contributed by atoms with Gasteiger partial charge in [0.2, 0.25) is 0 Å². The molecule has 90 valence electrons. The van der Waals surface area contributed by atoms with Crippen LogP contribution in [0.1, 0.15) is 18.5 Å². The van der Waals surface area contributed by atoms with E-state index < -0.39 is 0 Å². The van der Waals surface area contributed by atoms with Gasteiger partial charge in [-0.3, -0.25) is 5.10 Å². The van der Waals surface area contributed by atoms with Crippen LogP contribution >= 0.6 is 27.7 Å². The first kappa shape index (κ1) is 12.6. The maximum absolute atomic E-state index is 4.13. The molecule has 4 nitrogen and oxygen atoms in total. The third-order valence-corrected chi connectivity index (χ3v) is 3.93. The number of halogens is 1. The van der Waals surface area contributed by atoms with Crippen LogP contribution in [-0.4, -0.2) is 22.2 Å². The molecule has 1 heterocycles. The highest BCUT2D eigenvalue weighted by atomic mass is 79.9. The first-order valence-corrected chi connectivity index (χ1v) is 6.81. The Morgan fingerprint density at radius 3 is 2.94 bits per heavy atom. The molecule has 0 aliphatic heterocycles. The Bertz CT molecular complexity index is 486. The van der Waals surface area contributed by atoms with E-state index in [1.165, 1.54) is 11.9 Å². The molecule has 1 atom stereocenters. The minimum absolute atomic E-state index is 0.300. The van der Waals surface area contributed by atoms with Crippen LogP contribution in [0, 0.1) is 0 Å². The Morgan fingerprint density at radius 2 is 2.29 bits per heavy atom. The maximum atomic E-state index is 4.13. The minimum atomic E-state index is 0.300. The molecule has 0 saturated carbocycles. The third-order valence-electron chi connectivity index (χ3n) is 2.47. The molecule has 0 amide bonds. The van der Waals surface area contributed by atoms with Crippen LogP contribution in [0.25, 0.3) is 0 Å². The summed E-state index contributed by atoms with van der Waals surface area (Å²) in [6.45, 7) is 2.13. The summed E-state index contributed by atoms with van der Waals surface area (Å²) in [5.74, 6) is 0. The van der Waals surface area contributed by atoms with Crippen molar-refractivity contribution in [2.75, 3.05) is 7.05 Å². The van der Waals surface area contributed by atoms with Gasteiger partial charge in [0, 0.05) is 15.4 Å². The summed E-state index contributed by atoms with van der Waals surface area (Å²) < 4.78 is 1.06. The van der Waals surface area contributed by atoms with Crippen LogP contribution in [0.3, 0.4) is 0 Å². The lowest BCUT2D eigenvalue weighted by Gasteiger charge is -2.15. The lowest BCUT2D eigenvalue weighted by atomic mass is 10.1.